The van der Waals surface area contributed by atoms with Gasteiger partial charge in [0.15, 0.2) is 5.82 Å². The monoisotopic (exact) mass is 534 g/mol. The molecule has 3 rings (SSSR count). The molecule has 1 unspecified atom stereocenters. The summed E-state index contributed by atoms with van der Waals surface area (Å²) in [5.41, 5.74) is 2.91. The van der Waals surface area contributed by atoms with Crippen LogP contribution in [0.25, 0.3) is 22.5 Å². The van der Waals surface area contributed by atoms with Crippen molar-refractivity contribution in [3.8, 4) is 34.0 Å². The lowest BCUT2D eigenvalue weighted by Gasteiger charge is -2.11. The Morgan fingerprint density at radius 2 is 1.10 bits per heavy atom. The van der Waals surface area contributed by atoms with Crippen molar-refractivity contribution >= 4 is 0 Å². The molecule has 1 aromatic heterocycles. The maximum atomic E-state index is 14.0. The third-order valence-electron chi connectivity index (χ3n) is 7.02. The molecule has 0 radical (unpaired) electrons. The van der Waals surface area contributed by atoms with Crippen LogP contribution in [-0.2, 0) is 0 Å². The second-order valence-electron chi connectivity index (χ2n) is 10.4. The first-order chi connectivity index (χ1) is 19.2. The van der Waals surface area contributed by atoms with Crippen molar-refractivity contribution in [2.45, 2.75) is 103 Å². The average Bonchev–Trinajstić information content (AvgIpc) is 2.98. The van der Waals surface area contributed by atoms with Crippen molar-refractivity contribution in [3.63, 3.8) is 0 Å². The lowest BCUT2D eigenvalue weighted by Crippen LogP contribution is -2.12. The van der Waals surface area contributed by atoms with Crippen molar-refractivity contribution in [1.82, 2.24) is 9.97 Å². The minimum Gasteiger partial charge on any atom is -0.494 e. The van der Waals surface area contributed by atoms with E-state index in [0.29, 0.717) is 18.0 Å². The van der Waals surface area contributed by atoms with E-state index in [9.17, 15) is 4.39 Å². The summed E-state index contributed by atoms with van der Waals surface area (Å²) in [7, 11) is 0. The second kappa shape index (κ2) is 18.4. The topological polar surface area (TPSA) is 44.2 Å². The number of unbranched alkanes of at least 4 members (excludes halogenated alkanes) is 10. The zero-order valence-corrected chi connectivity index (χ0v) is 24.0. The van der Waals surface area contributed by atoms with Crippen LogP contribution in [0.5, 0.6) is 11.5 Å². The van der Waals surface area contributed by atoms with Gasteiger partial charge in [-0.15, -0.1) is 0 Å². The molecule has 39 heavy (non-hydrogen) atoms. The third-order valence-corrected chi connectivity index (χ3v) is 7.02. The molecule has 212 valence electrons. The first-order valence-corrected chi connectivity index (χ1v) is 15.1. The molecule has 1 heterocycles. The quantitative estimate of drug-likeness (QED) is 0.135. The minimum atomic E-state index is -0.923. The van der Waals surface area contributed by atoms with E-state index in [1.54, 1.807) is 0 Å². The van der Waals surface area contributed by atoms with Crippen LogP contribution in [0.1, 0.15) is 97.3 Å². The molecule has 0 aliphatic heterocycles. The Labute approximate surface area is 235 Å². The molecule has 1 atom stereocenters. The van der Waals surface area contributed by atoms with Crippen molar-refractivity contribution in [1.29, 1.82) is 0 Å². The van der Waals surface area contributed by atoms with Crippen LogP contribution in [0.15, 0.2) is 60.9 Å². The number of nitrogens with zero attached hydrogens (tertiary/aromatic N) is 2. The van der Waals surface area contributed by atoms with Gasteiger partial charge < -0.3 is 9.47 Å². The van der Waals surface area contributed by atoms with Crippen LogP contribution >= 0.6 is 0 Å². The normalized spacial score (nSPS) is 11.9. The van der Waals surface area contributed by atoms with E-state index in [1.165, 1.54) is 51.4 Å². The van der Waals surface area contributed by atoms with Crippen molar-refractivity contribution in [2.24, 2.45) is 0 Å². The molecule has 0 aliphatic rings. The Morgan fingerprint density at radius 3 is 1.72 bits per heavy atom. The van der Waals surface area contributed by atoms with Gasteiger partial charge in [-0.05, 0) is 54.8 Å². The van der Waals surface area contributed by atoms with E-state index in [0.717, 1.165) is 54.7 Å². The first kappa shape index (κ1) is 30.6. The van der Waals surface area contributed by atoms with Crippen molar-refractivity contribution in [3.05, 3.63) is 60.9 Å². The minimum absolute atomic E-state index is 0.0969. The van der Waals surface area contributed by atoms with E-state index in [-0.39, 0.29) is 6.61 Å². The number of rotatable bonds is 20. The van der Waals surface area contributed by atoms with Gasteiger partial charge in [0, 0.05) is 23.5 Å². The number of alkyl halides is 1. The van der Waals surface area contributed by atoms with Crippen LogP contribution in [0.2, 0.25) is 0 Å². The number of aromatic nitrogens is 2. The molecule has 5 heteroatoms. The summed E-state index contributed by atoms with van der Waals surface area (Å²) < 4.78 is 25.6. The molecular formula is C34H47FN2O2. The summed E-state index contributed by atoms with van der Waals surface area (Å²) in [5, 5.41) is 0. The summed E-state index contributed by atoms with van der Waals surface area (Å²) in [6.45, 7) is 5.28. The predicted octanol–water partition coefficient (Wildman–Crippen LogP) is 10.0. The summed E-state index contributed by atoms with van der Waals surface area (Å²) in [5.74, 6) is 2.21. The van der Waals surface area contributed by atoms with E-state index < -0.39 is 6.17 Å². The van der Waals surface area contributed by atoms with Crippen LogP contribution in [0, 0.1) is 0 Å². The van der Waals surface area contributed by atoms with Gasteiger partial charge in [-0.25, -0.2) is 14.4 Å². The Kier molecular flexibility index (Phi) is 14.4. The molecular weight excluding hydrogens is 487 g/mol. The summed E-state index contributed by atoms with van der Waals surface area (Å²) in [4.78, 5) is 9.12. The zero-order valence-electron chi connectivity index (χ0n) is 24.0. The SMILES string of the molecule is CCCCCCCCCCOc1ccc(-c2cnc(-c3ccc(OCC(F)CCCCCC)cc3)nc2)cc1. The lowest BCUT2D eigenvalue weighted by molar-refractivity contribution is 0.184. The Bertz CT molecular complexity index is 1020. The van der Waals surface area contributed by atoms with Gasteiger partial charge in [0.2, 0.25) is 0 Å². The highest BCUT2D eigenvalue weighted by Gasteiger charge is 2.09. The predicted molar refractivity (Wildman–Crippen MR) is 160 cm³/mol. The molecule has 4 nitrogen and oxygen atoms in total. The molecule has 3 aromatic rings. The zero-order chi connectivity index (χ0) is 27.5. The van der Waals surface area contributed by atoms with Crippen LogP contribution in [-0.4, -0.2) is 29.4 Å². The molecule has 0 N–H and O–H groups in total. The van der Waals surface area contributed by atoms with E-state index in [1.807, 2.05) is 48.8 Å². The molecule has 0 bridgehead atoms. The fraction of sp³-hybridized carbons (Fsp3) is 0.529. The molecule has 0 spiro atoms. The molecule has 2 aromatic carbocycles. The first-order valence-electron chi connectivity index (χ1n) is 15.1. The van der Waals surface area contributed by atoms with E-state index in [2.05, 4.69) is 35.9 Å². The summed E-state index contributed by atoms with van der Waals surface area (Å²) in [6.07, 6.45) is 18.1. The summed E-state index contributed by atoms with van der Waals surface area (Å²) >= 11 is 0. The smallest absolute Gasteiger partial charge is 0.159 e. The van der Waals surface area contributed by atoms with Crippen molar-refractivity contribution < 1.29 is 13.9 Å². The third kappa shape index (κ3) is 11.8. The number of hydrogen-bond acceptors (Lipinski definition) is 4. The number of ether oxygens (including phenoxy) is 2. The Balaban J connectivity index is 1.39. The maximum Gasteiger partial charge on any atom is 0.159 e. The average molecular weight is 535 g/mol. The van der Waals surface area contributed by atoms with Gasteiger partial charge in [-0.1, -0.05) is 96.6 Å². The number of halogens is 1. The largest absolute Gasteiger partial charge is 0.494 e. The molecule has 0 fully saturated rings. The molecule has 0 saturated carbocycles. The summed E-state index contributed by atoms with van der Waals surface area (Å²) in [6, 6.07) is 15.7. The fourth-order valence-corrected chi connectivity index (χ4v) is 4.56. The van der Waals surface area contributed by atoms with E-state index in [4.69, 9.17) is 9.47 Å². The van der Waals surface area contributed by atoms with Gasteiger partial charge in [0.05, 0.1) is 6.61 Å². The van der Waals surface area contributed by atoms with Gasteiger partial charge >= 0.3 is 0 Å². The fourth-order valence-electron chi connectivity index (χ4n) is 4.56. The number of hydrogen-bond donors (Lipinski definition) is 0. The van der Waals surface area contributed by atoms with Crippen LogP contribution in [0.3, 0.4) is 0 Å². The van der Waals surface area contributed by atoms with Crippen molar-refractivity contribution in [2.75, 3.05) is 13.2 Å². The van der Waals surface area contributed by atoms with Gasteiger partial charge in [-0.3, -0.25) is 0 Å². The Morgan fingerprint density at radius 1 is 0.590 bits per heavy atom. The van der Waals surface area contributed by atoms with Crippen LogP contribution in [0.4, 0.5) is 4.39 Å². The van der Waals surface area contributed by atoms with Gasteiger partial charge in [-0.2, -0.15) is 0 Å². The highest BCUT2D eigenvalue weighted by atomic mass is 19.1. The lowest BCUT2D eigenvalue weighted by atomic mass is 10.1. The van der Waals surface area contributed by atoms with E-state index >= 15 is 0 Å². The number of benzene rings is 2. The second-order valence-corrected chi connectivity index (χ2v) is 10.4. The molecule has 0 amide bonds. The van der Waals surface area contributed by atoms with Gasteiger partial charge in [0.1, 0.15) is 24.3 Å². The standard InChI is InChI=1S/C34H47FN2O2/c1-3-5-7-9-10-11-12-14-24-38-32-20-16-28(17-21-32)30-25-36-34(37-26-30)29-18-22-33(23-19-29)39-27-31(35)15-13-8-6-4-2/h16-23,25-26,31H,3-15,24,27H2,1-2H3. The highest BCUT2D eigenvalue weighted by Crippen LogP contribution is 2.24. The van der Waals surface area contributed by atoms with Crippen LogP contribution < -0.4 is 9.47 Å². The molecule has 0 saturated heterocycles. The Hall–Kier alpha value is -2.95. The maximum absolute atomic E-state index is 14.0. The highest BCUT2D eigenvalue weighted by molar-refractivity contribution is 5.64. The molecule has 0 aliphatic carbocycles. The van der Waals surface area contributed by atoms with Gasteiger partial charge in [0.25, 0.3) is 0 Å².